The van der Waals surface area contributed by atoms with Gasteiger partial charge in [0.1, 0.15) is 0 Å². The van der Waals surface area contributed by atoms with Gasteiger partial charge in [-0.2, -0.15) is 4.98 Å². The zero-order chi connectivity index (χ0) is 9.97. The van der Waals surface area contributed by atoms with Crippen LogP contribution in [0.25, 0.3) is 11.2 Å². The molecule has 1 amide bonds. The topological polar surface area (TPSA) is 82.0 Å². The van der Waals surface area contributed by atoms with Crippen molar-refractivity contribution in [3.05, 3.63) is 18.3 Å². The number of aromatic nitrogens is 2. The van der Waals surface area contributed by atoms with E-state index in [0.717, 1.165) is 11.8 Å². The second-order valence-corrected chi connectivity index (χ2v) is 3.49. The fourth-order valence-corrected chi connectivity index (χ4v) is 1.51. The number of nitrogens with zero attached hydrogens (tertiary/aromatic N) is 2. The number of amides is 1. The van der Waals surface area contributed by atoms with E-state index in [1.807, 2.05) is 0 Å². The van der Waals surface area contributed by atoms with Gasteiger partial charge in [0, 0.05) is 6.20 Å². The highest BCUT2D eigenvalue weighted by molar-refractivity contribution is 7.99. The van der Waals surface area contributed by atoms with Crippen molar-refractivity contribution in [2.45, 2.75) is 5.22 Å². The number of carbonyl (C=O) groups is 1. The molecule has 0 saturated heterocycles. The monoisotopic (exact) mass is 209 g/mol. The molecule has 14 heavy (non-hydrogen) atoms. The maximum atomic E-state index is 10.5. The summed E-state index contributed by atoms with van der Waals surface area (Å²) < 4.78 is 5.30. The quantitative estimate of drug-likeness (QED) is 0.756. The molecular weight excluding hydrogens is 202 g/mol. The molecule has 0 fully saturated rings. The van der Waals surface area contributed by atoms with Crippen LogP contribution in [0.5, 0.6) is 0 Å². The van der Waals surface area contributed by atoms with E-state index >= 15 is 0 Å². The fourth-order valence-electron chi connectivity index (χ4n) is 0.944. The Hall–Kier alpha value is -1.56. The largest absolute Gasteiger partial charge is 0.430 e. The van der Waals surface area contributed by atoms with Crippen molar-refractivity contribution >= 4 is 28.9 Å². The lowest BCUT2D eigenvalue weighted by atomic mass is 10.5. The van der Waals surface area contributed by atoms with Gasteiger partial charge in [0.05, 0.1) is 5.75 Å². The first-order valence-corrected chi connectivity index (χ1v) is 4.87. The molecule has 0 atom stereocenters. The van der Waals surface area contributed by atoms with Crippen LogP contribution in [0.15, 0.2) is 28.0 Å². The lowest BCUT2D eigenvalue weighted by Gasteiger charge is -1.88. The van der Waals surface area contributed by atoms with Gasteiger partial charge in [-0.3, -0.25) is 4.79 Å². The Morgan fingerprint density at radius 3 is 3.21 bits per heavy atom. The SMILES string of the molecule is NC(=O)CSc1nc2ncccc2o1. The van der Waals surface area contributed by atoms with Gasteiger partial charge in [-0.1, -0.05) is 11.8 Å². The summed E-state index contributed by atoms with van der Waals surface area (Å²) in [5, 5.41) is 0.414. The Morgan fingerprint density at radius 1 is 1.64 bits per heavy atom. The molecule has 0 bridgehead atoms. The summed E-state index contributed by atoms with van der Waals surface area (Å²) >= 11 is 1.16. The Morgan fingerprint density at radius 2 is 2.50 bits per heavy atom. The first-order valence-electron chi connectivity index (χ1n) is 3.88. The van der Waals surface area contributed by atoms with Crippen molar-refractivity contribution in [1.29, 1.82) is 0 Å². The van der Waals surface area contributed by atoms with Crippen molar-refractivity contribution in [2.24, 2.45) is 5.73 Å². The predicted molar refractivity (Wildman–Crippen MR) is 51.7 cm³/mol. The van der Waals surface area contributed by atoms with Gasteiger partial charge in [-0.25, -0.2) is 4.98 Å². The van der Waals surface area contributed by atoms with E-state index in [2.05, 4.69) is 9.97 Å². The minimum absolute atomic E-state index is 0.160. The van der Waals surface area contributed by atoms with Crippen molar-refractivity contribution in [2.75, 3.05) is 5.75 Å². The summed E-state index contributed by atoms with van der Waals surface area (Å²) in [5.74, 6) is -0.238. The molecule has 0 aliphatic carbocycles. The predicted octanol–water partition coefficient (Wildman–Crippen LogP) is 0.800. The highest BCUT2D eigenvalue weighted by Gasteiger charge is 2.07. The first-order chi connectivity index (χ1) is 6.75. The average Bonchev–Trinajstić information content (AvgIpc) is 2.57. The molecule has 0 aromatic carbocycles. The molecule has 2 heterocycles. The van der Waals surface area contributed by atoms with Crippen molar-refractivity contribution in [1.82, 2.24) is 9.97 Å². The Bertz CT molecular complexity index is 435. The molecule has 72 valence electrons. The van der Waals surface area contributed by atoms with Gasteiger partial charge < -0.3 is 10.2 Å². The van der Waals surface area contributed by atoms with Crippen LogP contribution in [0.2, 0.25) is 0 Å². The third-order valence-electron chi connectivity index (χ3n) is 1.48. The second-order valence-electron chi connectivity index (χ2n) is 2.56. The van der Waals surface area contributed by atoms with Crippen LogP contribution >= 0.6 is 11.8 Å². The van der Waals surface area contributed by atoms with Crippen LogP contribution in [0.3, 0.4) is 0 Å². The first kappa shape index (κ1) is 9.01. The van der Waals surface area contributed by atoms with Crippen molar-refractivity contribution in [3.63, 3.8) is 0 Å². The van der Waals surface area contributed by atoms with Crippen LogP contribution < -0.4 is 5.73 Å². The maximum Gasteiger partial charge on any atom is 0.258 e. The normalized spacial score (nSPS) is 10.6. The minimum atomic E-state index is -0.398. The lowest BCUT2D eigenvalue weighted by Crippen LogP contribution is -2.12. The van der Waals surface area contributed by atoms with Gasteiger partial charge >= 0.3 is 0 Å². The van der Waals surface area contributed by atoms with E-state index < -0.39 is 5.91 Å². The van der Waals surface area contributed by atoms with Crippen LogP contribution in [-0.2, 0) is 4.79 Å². The number of carbonyl (C=O) groups excluding carboxylic acids is 1. The molecule has 2 aromatic rings. The van der Waals surface area contributed by atoms with Crippen LogP contribution in [-0.4, -0.2) is 21.6 Å². The molecule has 0 aliphatic heterocycles. The summed E-state index contributed by atoms with van der Waals surface area (Å²) in [6, 6.07) is 3.53. The Kier molecular flexibility index (Phi) is 2.36. The highest BCUT2D eigenvalue weighted by Crippen LogP contribution is 2.21. The fraction of sp³-hybridized carbons (Fsp3) is 0.125. The molecule has 0 spiro atoms. The lowest BCUT2D eigenvalue weighted by molar-refractivity contribution is -0.115. The zero-order valence-electron chi connectivity index (χ0n) is 7.14. The molecule has 0 aliphatic rings. The van der Waals surface area contributed by atoms with E-state index in [1.54, 1.807) is 18.3 Å². The Balaban J connectivity index is 2.22. The Labute approximate surface area is 83.7 Å². The third-order valence-corrected chi connectivity index (χ3v) is 2.33. The number of nitrogens with two attached hydrogens (primary N) is 1. The number of primary amides is 1. The number of hydrogen-bond acceptors (Lipinski definition) is 5. The maximum absolute atomic E-state index is 10.5. The van der Waals surface area contributed by atoms with E-state index in [4.69, 9.17) is 10.2 Å². The zero-order valence-corrected chi connectivity index (χ0v) is 7.95. The van der Waals surface area contributed by atoms with E-state index in [-0.39, 0.29) is 5.75 Å². The van der Waals surface area contributed by atoms with Crippen LogP contribution in [0, 0.1) is 0 Å². The minimum Gasteiger partial charge on any atom is -0.430 e. The van der Waals surface area contributed by atoms with E-state index in [0.29, 0.717) is 16.5 Å². The molecule has 2 rings (SSSR count). The number of fused-ring (bicyclic) bond motifs is 1. The number of hydrogen-bond donors (Lipinski definition) is 1. The number of oxazole rings is 1. The third kappa shape index (κ3) is 1.85. The average molecular weight is 209 g/mol. The highest BCUT2D eigenvalue weighted by atomic mass is 32.2. The van der Waals surface area contributed by atoms with E-state index in [9.17, 15) is 4.79 Å². The smallest absolute Gasteiger partial charge is 0.258 e. The van der Waals surface area contributed by atoms with Gasteiger partial charge in [0.15, 0.2) is 11.2 Å². The van der Waals surface area contributed by atoms with Crippen LogP contribution in [0.1, 0.15) is 0 Å². The number of pyridine rings is 1. The standard InChI is InChI=1S/C8H7N3O2S/c9-6(12)4-14-8-11-7-5(13-8)2-1-3-10-7/h1-3H,4H2,(H2,9,12). The molecule has 0 unspecified atom stereocenters. The summed E-state index contributed by atoms with van der Waals surface area (Å²) in [6.45, 7) is 0. The van der Waals surface area contributed by atoms with Gasteiger partial charge in [-0.05, 0) is 12.1 Å². The van der Waals surface area contributed by atoms with Gasteiger partial charge in [0.25, 0.3) is 5.22 Å². The van der Waals surface area contributed by atoms with Gasteiger partial charge in [-0.15, -0.1) is 0 Å². The number of rotatable bonds is 3. The summed E-state index contributed by atoms with van der Waals surface area (Å²) in [5.41, 5.74) is 6.14. The molecule has 0 radical (unpaired) electrons. The number of thioether (sulfide) groups is 1. The molecular formula is C8H7N3O2S. The summed E-state index contributed by atoms with van der Waals surface area (Å²) in [4.78, 5) is 18.6. The van der Waals surface area contributed by atoms with Crippen LogP contribution in [0.4, 0.5) is 0 Å². The molecule has 5 nitrogen and oxygen atoms in total. The molecule has 0 saturated carbocycles. The van der Waals surface area contributed by atoms with Crippen molar-refractivity contribution in [3.8, 4) is 0 Å². The summed E-state index contributed by atoms with van der Waals surface area (Å²) in [7, 11) is 0. The molecule has 2 N–H and O–H groups in total. The van der Waals surface area contributed by atoms with Gasteiger partial charge in [0.2, 0.25) is 5.91 Å². The second kappa shape index (κ2) is 3.67. The summed E-state index contributed by atoms with van der Waals surface area (Å²) in [6.07, 6.45) is 1.63. The molecule has 2 aromatic heterocycles. The molecule has 6 heteroatoms. The van der Waals surface area contributed by atoms with E-state index in [1.165, 1.54) is 0 Å². The van der Waals surface area contributed by atoms with Crippen molar-refractivity contribution < 1.29 is 9.21 Å².